The van der Waals surface area contributed by atoms with Gasteiger partial charge < -0.3 is 10.5 Å². The first-order valence-corrected chi connectivity index (χ1v) is 4.50. The van der Waals surface area contributed by atoms with E-state index in [0.29, 0.717) is 4.90 Å². The Bertz CT molecular complexity index is 189. The van der Waals surface area contributed by atoms with Crippen molar-refractivity contribution in [3.8, 4) is 0 Å². The first-order chi connectivity index (χ1) is 7.15. The van der Waals surface area contributed by atoms with E-state index >= 15 is 0 Å². The van der Waals surface area contributed by atoms with E-state index in [2.05, 4.69) is 10.5 Å². The maximum Gasteiger partial charge on any atom is 0.256 e. The smallest absolute Gasteiger partial charge is 0.256 e. The topological polar surface area (TPSA) is 64.9 Å². The van der Waals surface area contributed by atoms with Crippen LogP contribution in [0, 0.1) is 0 Å². The normalized spacial score (nSPS) is 10.5. The molecule has 7 heteroatoms. The number of carbonyl (C=O) groups excluding carboxylic acids is 1. The third-order valence-electron chi connectivity index (χ3n) is 1.18. The molecule has 5 nitrogen and oxygen atoms in total. The minimum Gasteiger partial charge on any atom is -0.388 e. The van der Waals surface area contributed by atoms with Crippen LogP contribution in [0.2, 0.25) is 0 Å². The number of rotatable bonds is 5. The van der Waals surface area contributed by atoms with Crippen molar-refractivity contribution in [2.75, 3.05) is 20.2 Å². The Labute approximate surface area is 87.8 Å². The molecule has 0 fully saturated rings. The molecular formula is C8H17F2N3O2. The summed E-state index contributed by atoms with van der Waals surface area (Å²) in [5.41, 5.74) is 2.29. The molecular weight excluding hydrogens is 208 g/mol. The maximum absolute atomic E-state index is 11.9. The van der Waals surface area contributed by atoms with Gasteiger partial charge in [0.2, 0.25) is 6.41 Å². The largest absolute Gasteiger partial charge is 0.388 e. The summed E-state index contributed by atoms with van der Waals surface area (Å²) in [6, 6.07) is 0. The Morgan fingerprint density at radius 3 is 2.40 bits per heavy atom. The van der Waals surface area contributed by atoms with Crippen LogP contribution in [0.4, 0.5) is 8.78 Å². The van der Waals surface area contributed by atoms with Gasteiger partial charge in [-0.2, -0.15) is 5.10 Å². The van der Waals surface area contributed by atoms with Crippen LogP contribution in [-0.2, 0) is 4.79 Å². The second-order valence-electron chi connectivity index (χ2n) is 2.06. The first-order valence-electron chi connectivity index (χ1n) is 4.50. The van der Waals surface area contributed by atoms with E-state index in [0.717, 1.165) is 0 Å². The van der Waals surface area contributed by atoms with Gasteiger partial charge in [-0.25, -0.2) is 8.78 Å². The average molecular weight is 225 g/mol. The fourth-order valence-electron chi connectivity index (χ4n) is 0.677. The molecule has 0 aliphatic carbocycles. The number of aliphatic hydroxyl groups excluding tert-OH is 1. The predicted molar refractivity (Wildman–Crippen MR) is 53.7 cm³/mol. The number of amides is 1. The number of halogens is 2. The third-order valence-corrected chi connectivity index (χ3v) is 1.18. The lowest BCUT2D eigenvalue weighted by molar-refractivity contribution is -0.116. The van der Waals surface area contributed by atoms with Crippen LogP contribution >= 0.6 is 0 Å². The quantitative estimate of drug-likeness (QED) is 0.305. The lowest BCUT2D eigenvalue weighted by atomic mass is 10.5. The van der Waals surface area contributed by atoms with Crippen molar-refractivity contribution >= 4 is 12.2 Å². The molecule has 0 aliphatic rings. The van der Waals surface area contributed by atoms with Gasteiger partial charge in [0.05, 0.1) is 6.54 Å². The monoisotopic (exact) mass is 225 g/mol. The van der Waals surface area contributed by atoms with E-state index in [1.807, 2.05) is 13.8 Å². The minimum atomic E-state index is -2.65. The van der Waals surface area contributed by atoms with Crippen LogP contribution in [0.3, 0.4) is 0 Å². The molecule has 0 bridgehead atoms. The van der Waals surface area contributed by atoms with Crippen molar-refractivity contribution in [1.82, 2.24) is 10.3 Å². The molecule has 0 aliphatic heterocycles. The van der Waals surface area contributed by atoms with Gasteiger partial charge in [0.1, 0.15) is 6.61 Å². The standard InChI is InChI=1S/C6H11F2N3O2.C2H6/c1-9-10-6(3-12)11(4-13)2-5(7)8;1-2/h4-5,9,12H,2-3H2,1H3;1-2H3/b10-6-;. The molecule has 1 amide bonds. The summed E-state index contributed by atoms with van der Waals surface area (Å²) in [6.45, 7) is 2.65. The molecule has 0 saturated heterocycles. The van der Waals surface area contributed by atoms with E-state index in [1.165, 1.54) is 7.05 Å². The molecule has 0 radical (unpaired) electrons. The van der Waals surface area contributed by atoms with Crippen molar-refractivity contribution < 1.29 is 18.7 Å². The van der Waals surface area contributed by atoms with Crippen molar-refractivity contribution in [2.45, 2.75) is 20.3 Å². The first kappa shape index (κ1) is 16.2. The maximum atomic E-state index is 11.9. The number of nitrogens with zero attached hydrogens (tertiary/aromatic N) is 2. The SMILES string of the molecule is CC.CN/N=C(/CO)N(C=O)CC(F)F. The molecule has 0 aromatic carbocycles. The van der Waals surface area contributed by atoms with Gasteiger partial charge in [-0.15, -0.1) is 0 Å². The zero-order chi connectivity index (χ0) is 12.3. The highest BCUT2D eigenvalue weighted by Gasteiger charge is 2.14. The summed E-state index contributed by atoms with van der Waals surface area (Å²) in [5.74, 6) is -0.141. The van der Waals surface area contributed by atoms with Crippen LogP contribution in [0.5, 0.6) is 0 Å². The fourth-order valence-corrected chi connectivity index (χ4v) is 0.677. The fraction of sp³-hybridized carbons (Fsp3) is 0.750. The highest BCUT2D eigenvalue weighted by Crippen LogP contribution is 1.97. The zero-order valence-corrected chi connectivity index (χ0v) is 9.07. The van der Waals surface area contributed by atoms with Crippen molar-refractivity contribution in [1.29, 1.82) is 0 Å². The van der Waals surface area contributed by atoms with Gasteiger partial charge in [0, 0.05) is 7.05 Å². The van der Waals surface area contributed by atoms with Crippen LogP contribution < -0.4 is 5.43 Å². The van der Waals surface area contributed by atoms with Gasteiger partial charge in [0.15, 0.2) is 5.84 Å². The van der Waals surface area contributed by atoms with Gasteiger partial charge in [-0.05, 0) is 0 Å². The molecule has 0 unspecified atom stereocenters. The van der Waals surface area contributed by atoms with Gasteiger partial charge >= 0.3 is 0 Å². The number of carbonyl (C=O) groups is 1. The number of hydrogen-bond donors (Lipinski definition) is 2. The number of nitrogens with one attached hydrogen (secondary N) is 1. The van der Waals surface area contributed by atoms with Gasteiger partial charge in [-0.1, -0.05) is 13.8 Å². The molecule has 15 heavy (non-hydrogen) atoms. The van der Waals surface area contributed by atoms with Crippen molar-refractivity contribution in [3.63, 3.8) is 0 Å². The number of hydrogen-bond acceptors (Lipinski definition) is 4. The van der Waals surface area contributed by atoms with Crippen LogP contribution in [0.25, 0.3) is 0 Å². The van der Waals surface area contributed by atoms with Crippen LogP contribution in [0.15, 0.2) is 5.10 Å². The molecule has 0 saturated carbocycles. The summed E-state index contributed by atoms with van der Waals surface area (Å²) in [4.78, 5) is 10.9. The Kier molecular flexibility index (Phi) is 11.7. The number of aliphatic hydroxyl groups is 1. The molecule has 2 N–H and O–H groups in total. The highest BCUT2D eigenvalue weighted by molar-refractivity contribution is 5.91. The average Bonchev–Trinajstić information content (AvgIpc) is 2.25. The van der Waals surface area contributed by atoms with Crippen molar-refractivity contribution in [2.24, 2.45) is 5.10 Å². The zero-order valence-electron chi connectivity index (χ0n) is 9.07. The summed E-state index contributed by atoms with van der Waals surface area (Å²) >= 11 is 0. The second kappa shape index (κ2) is 10.8. The van der Waals surface area contributed by atoms with E-state index in [9.17, 15) is 13.6 Å². The van der Waals surface area contributed by atoms with E-state index in [1.54, 1.807) is 0 Å². The molecule has 0 atom stereocenters. The van der Waals surface area contributed by atoms with E-state index in [4.69, 9.17) is 5.11 Å². The lowest BCUT2D eigenvalue weighted by Crippen LogP contribution is -2.37. The number of alkyl halides is 2. The molecule has 0 aromatic rings. The second-order valence-corrected chi connectivity index (χ2v) is 2.06. The number of amidine groups is 1. The van der Waals surface area contributed by atoms with E-state index in [-0.39, 0.29) is 12.2 Å². The molecule has 0 heterocycles. The van der Waals surface area contributed by atoms with Crippen LogP contribution in [0.1, 0.15) is 13.8 Å². The van der Waals surface area contributed by atoms with Gasteiger partial charge in [-0.3, -0.25) is 9.69 Å². The Hall–Kier alpha value is -1.24. The lowest BCUT2D eigenvalue weighted by Gasteiger charge is -2.16. The predicted octanol–water partition coefficient (Wildman–Crippen LogP) is 0.261. The van der Waals surface area contributed by atoms with Crippen LogP contribution in [-0.4, -0.2) is 48.9 Å². The van der Waals surface area contributed by atoms with Gasteiger partial charge in [0.25, 0.3) is 6.43 Å². The van der Waals surface area contributed by atoms with Crippen molar-refractivity contribution in [3.05, 3.63) is 0 Å². The Balaban J connectivity index is 0. The molecule has 0 spiro atoms. The molecule has 0 rings (SSSR count). The summed E-state index contributed by atoms with van der Waals surface area (Å²) in [7, 11) is 1.43. The molecule has 0 aromatic heterocycles. The summed E-state index contributed by atoms with van der Waals surface area (Å²) < 4.78 is 23.7. The van der Waals surface area contributed by atoms with E-state index < -0.39 is 19.6 Å². The Morgan fingerprint density at radius 2 is 2.13 bits per heavy atom. The third kappa shape index (κ3) is 7.80. The Morgan fingerprint density at radius 1 is 1.60 bits per heavy atom. The number of hydrazone groups is 1. The molecule has 90 valence electrons. The minimum absolute atomic E-state index is 0.141. The highest BCUT2D eigenvalue weighted by atomic mass is 19.3. The summed E-state index contributed by atoms with van der Waals surface area (Å²) in [6.07, 6.45) is -2.46. The summed E-state index contributed by atoms with van der Waals surface area (Å²) in [5, 5.41) is 12.1.